The van der Waals surface area contributed by atoms with E-state index in [2.05, 4.69) is 5.10 Å². The molecule has 10 nitrogen and oxygen atoms in total. The Morgan fingerprint density at radius 2 is 1.73 bits per heavy atom. The minimum Gasteiger partial charge on any atom is -0.282 e. The number of nitrogens with one attached hydrogen (secondary N) is 1. The summed E-state index contributed by atoms with van der Waals surface area (Å²) in [5.41, 5.74) is -1.65. The first-order chi connectivity index (χ1) is 10.0. The third-order valence-electron chi connectivity index (χ3n) is 2.59. The predicted molar refractivity (Wildman–Crippen MR) is 70.7 cm³/mol. The summed E-state index contributed by atoms with van der Waals surface area (Å²) in [7, 11) is -9.48. The van der Waals surface area contributed by atoms with Gasteiger partial charge in [-0.25, -0.2) is 4.68 Å². The standard InChI is InChI=1S/C10H7N3O7S2/c11-5-6-3-10(14)13(12-6)8-4-7(21(15,16)17)1-2-9(8)22(18,19)20/h1-4,12H,(H,15,16,17)(H,18,19,20). The van der Waals surface area contributed by atoms with Gasteiger partial charge in [0.1, 0.15) is 16.7 Å². The lowest BCUT2D eigenvalue weighted by Crippen LogP contribution is -2.17. The molecule has 1 aromatic carbocycles. The summed E-state index contributed by atoms with van der Waals surface area (Å²) in [4.78, 5) is 10.2. The first kappa shape index (κ1) is 15.9. The van der Waals surface area contributed by atoms with Crippen molar-refractivity contribution >= 4 is 20.2 Å². The second-order valence-electron chi connectivity index (χ2n) is 4.03. The highest BCUT2D eigenvalue weighted by Gasteiger charge is 2.22. The number of nitriles is 1. The maximum atomic E-state index is 11.7. The normalized spacial score (nSPS) is 12.0. The second kappa shape index (κ2) is 5.07. The maximum absolute atomic E-state index is 11.7. The van der Waals surface area contributed by atoms with E-state index in [0.29, 0.717) is 16.8 Å². The fraction of sp³-hybridized carbons (Fsp3) is 0. The van der Waals surface area contributed by atoms with Crippen molar-refractivity contribution in [1.82, 2.24) is 9.78 Å². The van der Waals surface area contributed by atoms with Gasteiger partial charge in [-0.15, -0.1) is 0 Å². The van der Waals surface area contributed by atoms with Gasteiger partial charge in [0, 0.05) is 6.07 Å². The average Bonchev–Trinajstić information content (AvgIpc) is 2.77. The van der Waals surface area contributed by atoms with Crippen molar-refractivity contribution in [1.29, 1.82) is 5.26 Å². The molecule has 12 heteroatoms. The van der Waals surface area contributed by atoms with Gasteiger partial charge in [-0.3, -0.25) is 19.0 Å². The van der Waals surface area contributed by atoms with Crippen molar-refractivity contribution in [2.45, 2.75) is 9.79 Å². The van der Waals surface area contributed by atoms with Crippen molar-refractivity contribution in [3.63, 3.8) is 0 Å². The Kier molecular flexibility index (Phi) is 3.67. The zero-order valence-electron chi connectivity index (χ0n) is 10.5. The third kappa shape index (κ3) is 2.92. The Morgan fingerprint density at radius 1 is 1.09 bits per heavy atom. The minimum absolute atomic E-state index is 0.219. The van der Waals surface area contributed by atoms with E-state index in [0.717, 1.165) is 12.1 Å². The summed E-state index contributed by atoms with van der Waals surface area (Å²) in [5.74, 6) is 0. The first-order valence-electron chi connectivity index (χ1n) is 5.35. The molecular weight excluding hydrogens is 338 g/mol. The Morgan fingerprint density at radius 3 is 2.18 bits per heavy atom. The number of aromatic nitrogens is 2. The lowest BCUT2D eigenvalue weighted by atomic mass is 10.3. The van der Waals surface area contributed by atoms with Crippen molar-refractivity contribution in [3.8, 4) is 11.8 Å². The molecule has 1 aromatic heterocycles. The van der Waals surface area contributed by atoms with E-state index in [9.17, 15) is 21.6 Å². The van der Waals surface area contributed by atoms with Crippen LogP contribution in [0.3, 0.4) is 0 Å². The Hall–Kier alpha value is -2.46. The number of nitrogens with zero attached hydrogens (tertiary/aromatic N) is 2. The van der Waals surface area contributed by atoms with Crippen molar-refractivity contribution in [2.24, 2.45) is 0 Å². The third-order valence-corrected chi connectivity index (χ3v) is 4.34. The van der Waals surface area contributed by atoms with Crippen LogP contribution >= 0.6 is 0 Å². The van der Waals surface area contributed by atoms with Crippen LogP contribution in [0.15, 0.2) is 38.9 Å². The van der Waals surface area contributed by atoms with Gasteiger partial charge in [0.05, 0.1) is 10.6 Å². The Balaban J connectivity index is 2.90. The van der Waals surface area contributed by atoms with E-state index in [4.69, 9.17) is 14.4 Å². The summed E-state index contributed by atoms with van der Waals surface area (Å²) in [5, 5.41) is 10.9. The molecule has 0 fully saturated rings. The summed E-state index contributed by atoms with van der Waals surface area (Å²) < 4.78 is 63.6. The minimum atomic E-state index is -4.80. The maximum Gasteiger partial charge on any atom is 0.296 e. The molecule has 0 aliphatic heterocycles. The van der Waals surface area contributed by atoms with Crippen LogP contribution in [0.2, 0.25) is 0 Å². The van der Waals surface area contributed by atoms with Gasteiger partial charge >= 0.3 is 0 Å². The highest BCUT2D eigenvalue weighted by molar-refractivity contribution is 7.86. The van der Waals surface area contributed by atoms with Gasteiger partial charge < -0.3 is 0 Å². The van der Waals surface area contributed by atoms with Crippen LogP contribution in [0.5, 0.6) is 0 Å². The number of H-pyrrole nitrogens is 1. The van der Waals surface area contributed by atoms with Crippen LogP contribution in [-0.2, 0) is 20.2 Å². The number of hydrogen-bond acceptors (Lipinski definition) is 6. The Bertz CT molecular complexity index is 1050. The average molecular weight is 345 g/mol. The van der Waals surface area contributed by atoms with Crippen LogP contribution in [0.25, 0.3) is 5.69 Å². The first-order valence-corrected chi connectivity index (χ1v) is 8.23. The molecule has 0 atom stereocenters. The van der Waals surface area contributed by atoms with E-state index in [-0.39, 0.29) is 5.69 Å². The zero-order valence-corrected chi connectivity index (χ0v) is 12.1. The molecule has 2 aromatic rings. The van der Waals surface area contributed by atoms with E-state index < -0.39 is 41.3 Å². The van der Waals surface area contributed by atoms with Crippen molar-refractivity contribution in [3.05, 3.63) is 40.3 Å². The molecule has 22 heavy (non-hydrogen) atoms. The summed E-state index contributed by atoms with van der Waals surface area (Å²) in [6, 6.07) is 4.55. The number of aromatic amines is 1. The number of benzene rings is 1. The molecule has 2 rings (SSSR count). The molecule has 3 N–H and O–H groups in total. The Labute approximate surface area is 123 Å². The second-order valence-corrected chi connectivity index (χ2v) is 6.85. The lowest BCUT2D eigenvalue weighted by molar-refractivity contribution is 0.477. The molecule has 0 aliphatic carbocycles. The molecule has 0 saturated carbocycles. The lowest BCUT2D eigenvalue weighted by Gasteiger charge is -2.09. The topological polar surface area (TPSA) is 170 Å². The highest BCUT2D eigenvalue weighted by Crippen LogP contribution is 2.22. The molecule has 0 radical (unpaired) electrons. The van der Waals surface area contributed by atoms with Gasteiger partial charge in [-0.05, 0) is 18.2 Å². The molecule has 1 heterocycles. The predicted octanol–water partition coefficient (Wildman–Crippen LogP) is -0.469. The van der Waals surface area contributed by atoms with Crippen LogP contribution in [0.4, 0.5) is 0 Å². The van der Waals surface area contributed by atoms with Crippen molar-refractivity contribution in [2.75, 3.05) is 0 Å². The van der Waals surface area contributed by atoms with Crippen LogP contribution in [-0.4, -0.2) is 35.7 Å². The quantitative estimate of drug-likeness (QED) is 0.627. The van der Waals surface area contributed by atoms with Gasteiger partial charge in [0.15, 0.2) is 0 Å². The van der Waals surface area contributed by atoms with Crippen LogP contribution in [0.1, 0.15) is 5.69 Å². The van der Waals surface area contributed by atoms with Gasteiger partial charge in [-0.1, -0.05) is 0 Å². The monoisotopic (exact) mass is 345 g/mol. The summed E-state index contributed by atoms with van der Waals surface area (Å²) >= 11 is 0. The van der Waals surface area contributed by atoms with Crippen LogP contribution in [0, 0.1) is 11.3 Å². The van der Waals surface area contributed by atoms with E-state index in [1.54, 1.807) is 6.07 Å². The largest absolute Gasteiger partial charge is 0.296 e. The van der Waals surface area contributed by atoms with Gasteiger partial charge in [0.2, 0.25) is 0 Å². The number of hydrogen-bond donors (Lipinski definition) is 3. The molecular formula is C10H7N3O7S2. The molecule has 0 amide bonds. The summed E-state index contributed by atoms with van der Waals surface area (Å²) in [6.45, 7) is 0. The van der Waals surface area contributed by atoms with Gasteiger partial charge in [0.25, 0.3) is 25.8 Å². The fourth-order valence-electron chi connectivity index (χ4n) is 1.68. The summed E-state index contributed by atoms with van der Waals surface area (Å²) in [6.07, 6.45) is 0. The SMILES string of the molecule is N#Cc1cc(=O)n(-c2cc(S(=O)(=O)O)ccc2S(=O)(=O)O)[nH]1. The molecule has 0 unspecified atom stereocenters. The highest BCUT2D eigenvalue weighted by atomic mass is 32.2. The van der Waals surface area contributed by atoms with E-state index in [1.165, 1.54) is 0 Å². The van der Waals surface area contributed by atoms with Gasteiger partial charge in [-0.2, -0.15) is 22.1 Å². The van der Waals surface area contributed by atoms with E-state index >= 15 is 0 Å². The van der Waals surface area contributed by atoms with E-state index in [1.807, 2.05) is 0 Å². The zero-order chi connectivity index (χ0) is 16.7. The molecule has 0 aliphatic rings. The number of rotatable bonds is 3. The fourth-order valence-corrected chi connectivity index (χ4v) is 2.84. The molecule has 0 spiro atoms. The smallest absolute Gasteiger partial charge is 0.282 e. The van der Waals surface area contributed by atoms with Crippen LogP contribution < -0.4 is 5.56 Å². The molecule has 0 bridgehead atoms. The molecule has 116 valence electrons. The van der Waals surface area contributed by atoms with Crippen molar-refractivity contribution < 1.29 is 25.9 Å². The molecule has 0 saturated heterocycles.